The summed E-state index contributed by atoms with van der Waals surface area (Å²) in [5.41, 5.74) is 4.89. The molecule has 0 saturated heterocycles. The molecule has 0 bridgehead atoms. The molecular formula is C28H27BrN4O3. The number of benzene rings is 3. The van der Waals surface area contributed by atoms with E-state index in [-0.39, 0.29) is 11.9 Å². The fourth-order valence-corrected chi connectivity index (χ4v) is 4.44. The number of carbonyl (C=O) groups excluding carboxylic acids is 1. The minimum atomic E-state index is -0.161. The molecule has 8 heteroatoms. The Morgan fingerprint density at radius 1 is 0.972 bits per heavy atom. The molecule has 1 atom stereocenters. The molecule has 184 valence electrons. The van der Waals surface area contributed by atoms with Crippen molar-refractivity contribution in [2.75, 3.05) is 24.9 Å². The highest BCUT2D eigenvalue weighted by Crippen LogP contribution is 2.32. The second kappa shape index (κ2) is 11.2. The van der Waals surface area contributed by atoms with Gasteiger partial charge in [-0.15, -0.1) is 0 Å². The van der Waals surface area contributed by atoms with Crippen molar-refractivity contribution in [3.8, 4) is 22.8 Å². The first-order valence-electron chi connectivity index (χ1n) is 11.4. The fourth-order valence-electron chi connectivity index (χ4n) is 3.83. The summed E-state index contributed by atoms with van der Waals surface area (Å²) in [6, 6.07) is 18.9. The molecule has 4 aromatic rings. The average Bonchev–Trinajstić information content (AvgIpc) is 2.88. The molecule has 0 aliphatic heterocycles. The van der Waals surface area contributed by atoms with Gasteiger partial charge in [0, 0.05) is 21.3 Å². The van der Waals surface area contributed by atoms with E-state index in [1.54, 1.807) is 32.7 Å². The molecule has 0 radical (unpaired) electrons. The highest BCUT2D eigenvalue weighted by atomic mass is 79.9. The maximum atomic E-state index is 12.8. The van der Waals surface area contributed by atoms with E-state index in [1.807, 2.05) is 68.4 Å². The van der Waals surface area contributed by atoms with Crippen LogP contribution in [-0.4, -0.2) is 30.1 Å². The number of nitrogens with zero attached hydrogens (tertiary/aromatic N) is 2. The van der Waals surface area contributed by atoms with Crippen molar-refractivity contribution in [3.05, 3.63) is 94.2 Å². The second-order valence-electron chi connectivity index (χ2n) is 8.32. The van der Waals surface area contributed by atoms with Gasteiger partial charge >= 0.3 is 0 Å². The number of ether oxygens (including phenoxy) is 2. The molecule has 0 saturated carbocycles. The van der Waals surface area contributed by atoms with E-state index >= 15 is 0 Å². The lowest BCUT2D eigenvalue weighted by Crippen LogP contribution is -2.13. The molecule has 7 nitrogen and oxygen atoms in total. The number of hydrogen-bond acceptors (Lipinski definition) is 6. The fraction of sp³-hybridized carbons (Fsp3) is 0.179. The Hall–Kier alpha value is -3.91. The zero-order valence-electron chi connectivity index (χ0n) is 20.5. The number of carbonyl (C=O) groups is 1. The van der Waals surface area contributed by atoms with Crippen LogP contribution in [0.5, 0.6) is 11.5 Å². The Bertz CT molecular complexity index is 1370. The van der Waals surface area contributed by atoms with E-state index in [9.17, 15) is 4.79 Å². The van der Waals surface area contributed by atoms with Crippen molar-refractivity contribution in [2.24, 2.45) is 0 Å². The van der Waals surface area contributed by atoms with Crippen molar-refractivity contribution < 1.29 is 14.3 Å². The molecule has 0 aliphatic rings. The van der Waals surface area contributed by atoms with Gasteiger partial charge in [0.2, 0.25) is 0 Å². The smallest absolute Gasteiger partial charge is 0.255 e. The summed E-state index contributed by atoms with van der Waals surface area (Å²) in [5.74, 6) is 1.75. The zero-order valence-corrected chi connectivity index (χ0v) is 22.1. The van der Waals surface area contributed by atoms with E-state index < -0.39 is 0 Å². The number of hydrogen-bond donors (Lipinski definition) is 2. The van der Waals surface area contributed by atoms with Gasteiger partial charge in [0.1, 0.15) is 5.82 Å². The molecule has 3 aromatic carbocycles. The summed E-state index contributed by atoms with van der Waals surface area (Å²) in [6.45, 7) is 3.99. The molecule has 2 N–H and O–H groups in total. The van der Waals surface area contributed by atoms with E-state index in [0.717, 1.165) is 21.2 Å². The third-order valence-corrected chi connectivity index (χ3v) is 6.08. The summed E-state index contributed by atoms with van der Waals surface area (Å²) >= 11 is 3.45. The Labute approximate surface area is 219 Å². The van der Waals surface area contributed by atoms with Gasteiger partial charge in [-0.2, -0.15) is 0 Å². The topological polar surface area (TPSA) is 85.4 Å². The molecule has 0 unspecified atom stereocenters. The maximum Gasteiger partial charge on any atom is 0.255 e. The first kappa shape index (κ1) is 25.2. The van der Waals surface area contributed by atoms with Crippen molar-refractivity contribution in [2.45, 2.75) is 19.9 Å². The average molecular weight is 547 g/mol. The molecule has 1 heterocycles. The molecule has 0 spiro atoms. The number of nitrogens with one attached hydrogen (secondary N) is 2. The largest absolute Gasteiger partial charge is 0.493 e. The standard InChI is InChI=1S/C28H27BrN4O3/c1-17-10-21(12-22(29)11-17)28(34)32-23-7-5-6-19(13-23)18(2)31-27-16-30-15-24(33-27)20-8-9-25(35-3)26(14-20)36-4/h5-16,18H,1-4H3,(H,31,33)(H,32,34)/t18-/m0/s1. The van der Waals surface area contributed by atoms with Crippen LogP contribution in [0.15, 0.2) is 77.5 Å². The minimum absolute atomic E-state index is 0.0788. The van der Waals surface area contributed by atoms with Crippen LogP contribution in [-0.2, 0) is 0 Å². The van der Waals surface area contributed by atoms with Crippen molar-refractivity contribution >= 4 is 33.3 Å². The zero-order chi connectivity index (χ0) is 25.7. The first-order valence-corrected chi connectivity index (χ1v) is 12.1. The lowest BCUT2D eigenvalue weighted by molar-refractivity contribution is 0.102. The Balaban J connectivity index is 1.49. The molecule has 36 heavy (non-hydrogen) atoms. The van der Waals surface area contributed by atoms with Crippen molar-refractivity contribution in [1.82, 2.24) is 9.97 Å². The van der Waals surface area contributed by atoms with Gasteiger partial charge < -0.3 is 20.1 Å². The van der Waals surface area contributed by atoms with Gasteiger partial charge in [0.05, 0.1) is 38.3 Å². The normalized spacial score (nSPS) is 11.5. The number of methoxy groups -OCH3 is 2. The molecule has 1 aromatic heterocycles. The van der Waals surface area contributed by atoms with Crippen molar-refractivity contribution in [1.29, 1.82) is 0 Å². The summed E-state index contributed by atoms with van der Waals surface area (Å²) in [4.78, 5) is 21.8. The van der Waals surface area contributed by atoms with Crippen LogP contribution in [0.2, 0.25) is 0 Å². The quantitative estimate of drug-likeness (QED) is 0.257. The van der Waals surface area contributed by atoms with Crippen LogP contribution in [0.25, 0.3) is 11.3 Å². The lowest BCUT2D eigenvalue weighted by Gasteiger charge is -2.17. The predicted molar refractivity (Wildman–Crippen MR) is 146 cm³/mol. The van der Waals surface area contributed by atoms with Gasteiger partial charge in [-0.3, -0.25) is 9.78 Å². The van der Waals surface area contributed by atoms with Gasteiger partial charge in [-0.25, -0.2) is 4.98 Å². The van der Waals surface area contributed by atoms with Crippen LogP contribution in [0.3, 0.4) is 0 Å². The van der Waals surface area contributed by atoms with Gasteiger partial charge in [-0.05, 0) is 73.5 Å². The second-order valence-corrected chi connectivity index (χ2v) is 9.24. The van der Waals surface area contributed by atoms with Crippen LogP contribution in [0, 0.1) is 6.92 Å². The summed E-state index contributed by atoms with van der Waals surface area (Å²) in [5, 5.41) is 6.38. The number of anilines is 2. The van der Waals surface area contributed by atoms with Crippen LogP contribution in [0.4, 0.5) is 11.5 Å². The predicted octanol–water partition coefficient (Wildman–Crippen LogP) is 6.66. The Kier molecular flexibility index (Phi) is 7.85. The molecule has 1 amide bonds. The third kappa shape index (κ3) is 6.01. The Morgan fingerprint density at radius 3 is 2.53 bits per heavy atom. The summed E-state index contributed by atoms with van der Waals surface area (Å²) in [6.07, 6.45) is 3.39. The van der Waals surface area contributed by atoms with E-state index in [2.05, 4.69) is 31.5 Å². The van der Waals surface area contributed by atoms with E-state index in [1.165, 1.54) is 0 Å². The van der Waals surface area contributed by atoms with Gasteiger partial charge in [-0.1, -0.05) is 28.1 Å². The van der Waals surface area contributed by atoms with Crippen LogP contribution in [0.1, 0.15) is 34.5 Å². The number of amides is 1. The number of halogens is 1. The number of aromatic nitrogens is 2. The first-order chi connectivity index (χ1) is 17.4. The van der Waals surface area contributed by atoms with E-state index in [4.69, 9.17) is 14.5 Å². The van der Waals surface area contributed by atoms with Gasteiger partial charge in [0.15, 0.2) is 11.5 Å². The molecular weight excluding hydrogens is 520 g/mol. The third-order valence-electron chi connectivity index (χ3n) is 5.63. The van der Waals surface area contributed by atoms with Crippen LogP contribution < -0.4 is 20.1 Å². The highest BCUT2D eigenvalue weighted by Gasteiger charge is 2.12. The number of rotatable bonds is 8. The lowest BCUT2D eigenvalue weighted by atomic mass is 10.1. The molecule has 4 rings (SSSR count). The minimum Gasteiger partial charge on any atom is -0.493 e. The summed E-state index contributed by atoms with van der Waals surface area (Å²) < 4.78 is 11.6. The monoisotopic (exact) mass is 546 g/mol. The van der Waals surface area contributed by atoms with Crippen molar-refractivity contribution in [3.63, 3.8) is 0 Å². The SMILES string of the molecule is COc1ccc(-c2cncc(N[C@@H](C)c3cccc(NC(=O)c4cc(C)cc(Br)c4)c3)n2)cc1OC. The van der Waals surface area contributed by atoms with Gasteiger partial charge in [0.25, 0.3) is 5.91 Å². The Morgan fingerprint density at radius 2 is 1.78 bits per heavy atom. The summed E-state index contributed by atoms with van der Waals surface area (Å²) in [7, 11) is 3.20. The molecule has 0 fully saturated rings. The number of aryl methyl sites for hydroxylation is 1. The molecule has 0 aliphatic carbocycles. The maximum absolute atomic E-state index is 12.8. The van der Waals surface area contributed by atoms with E-state index in [0.29, 0.717) is 34.3 Å². The van der Waals surface area contributed by atoms with Crippen LogP contribution >= 0.6 is 15.9 Å². The highest BCUT2D eigenvalue weighted by molar-refractivity contribution is 9.10.